The molecule has 0 fully saturated rings. The second kappa shape index (κ2) is 2.94. The summed E-state index contributed by atoms with van der Waals surface area (Å²) in [4.78, 5) is 0. The Morgan fingerprint density at radius 2 is 2.08 bits per heavy atom. The molecule has 0 aliphatic heterocycles. The second-order valence-electron chi connectivity index (χ2n) is 2.72. The van der Waals surface area contributed by atoms with Crippen molar-refractivity contribution in [2.45, 2.75) is 0 Å². The Balaban J connectivity index is 2.57. The lowest BCUT2D eigenvalue weighted by Crippen LogP contribution is -1.88. The molecule has 0 saturated heterocycles. The third-order valence-electron chi connectivity index (χ3n) is 1.78. The molecule has 0 amide bonds. The summed E-state index contributed by atoms with van der Waals surface area (Å²) in [5.74, 6) is 0.161. The van der Waals surface area contributed by atoms with E-state index in [1.165, 1.54) is 18.4 Å². The molecule has 0 spiro atoms. The third-order valence-corrected chi connectivity index (χ3v) is 1.78. The maximum atomic E-state index is 13.2. The van der Waals surface area contributed by atoms with Crippen LogP contribution in [0.2, 0.25) is 0 Å². The van der Waals surface area contributed by atoms with E-state index in [-0.39, 0.29) is 5.82 Å². The van der Waals surface area contributed by atoms with Gasteiger partial charge in [-0.3, -0.25) is 0 Å². The van der Waals surface area contributed by atoms with Crippen LogP contribution >= 0.6 is 0 Å². The largest absolute Gasteiger partial charge is 0.464 e. The Morgan fingerprint density at radius 3 is 2.77 bits per heavy atom. The second-order valence-corrected chi connectivity index (χ2v) is 2.72. The first kappa shape index (κ1) is 7.86. The van der Waals surface area contributed by atoms with Gasteiger partial charge in [-0.25, -0.2) is 4.39 Å². The smallest absolute Gasteiger partial charge is 0.136 e. The Bertz CT molecular complexity index is 409. The molecule has 13 heavy (non-hydrogen) atoms. The summed E-state index contributed by atoms with van der Waals surface area (Å²) in [5.41, 5.74) is 6.44. The van der Waals surface area contributed by atoms with Crippen LogP contribution in [0.25, 0.3) is 11.3 Å². The Morgan fingerprint density at radius 1 is 1.23 bits per heavy atom. The van der Waals surface area contributed by atoms with Crippen LogP contribution in [0.4, 0.5) is 10.1 Å². The van der Waals surface area contributed by atoms with E-state index >= 15 is 0 Å². The van der Waals surface area contributed by atoms with Gasteiger partial charge in [-0.15, -0.1) is 0 Å². The number of benzene rings is 1. The highest BCUT2D eigenvalue weighted by atomic mass is 19.1. The summed E-state index contributed by atoms with van der Waals surface area (Å²) in [7, 11) is 0. The summed E-state index contributed by atoms with van der Waals surface area (Å²) < 4.78 is 18.3. The molecule has 0 aliphatic carbocycles. The van der Waals surface area contributed by atoms with Crippen molar-refractivity contribution in [3.63, 3.8) is 0 Å². The van der Waals surface area contributed by atoms with E-state index < -0.39 is 0 Å². The van der Waals surface area contributed by atoms with E-state index in [0.29, 0.717) is 17.0 Å². The number of furan rings is 1. The minimum atomic E-state index is -0.329. The van der Waals surface area contributed by atoms with Gasteiger partial charge in [0.2, 0.25) is 0 Å². The van der Waals surface area contributed by atoms with Crippen LogP contribution in [0.15, 0.2) is 41.0 Å². The molecule has 1 aromatic carbocycles. The monoisotopic (exact) mass is 177 g/mol. The van der Waals surface area contributed by atoms with Crippen LogP contribution < -0.4 is 5.73 Å². The summed E-state index contributed by atoms with van der Waals surface area (Å²) >= 11 is 0. The van der Waals surface area contributed by atoms with E-state index in [0.717, 1.165) is 0 Å². The zero-order valence-electron chi connectivity index (χ0n) is 6.83. The van der Waals surface area contributed by atoms with E-state index in [4.69, 9.17) is 10.2 Å². The lowest BCUT2D eigenvalue weighted by atomic mass is 10.1. The maximum absolute atomic E-state index is 13.2. The molecular weight excluding hydrogens is 169 g/mol. The van der Waals surface area contributed by atoms with Gasteiger partial charge in [0.15, 0.2) is 0 Å². The molecule has 2 nitrogen and oxygen atoms in total. The van der Waals surface area contributed by atoms with Gasteiger partial charge in [-0.1, -0.05) is 0 Å². The SMILES string of the molecule is Nc1ccc(F)c(-c2ccco2)c1. The molecule has 2 rings (SSSR count). The van der Waals surface area contributed by atoms with E-state index in [2.05, 4.69) is 0 Å². The van der Waals surface area contributed by atoms with Crippen LogP contribution in [0.3, 0.4) is 0 Å². The molecule has 66 valence electrons. The Hall–Kier alpha value is -1.77. The normalized spacial score (nSPS) is 10.2. The fourth-order valence-electron chi connectivity index (χ4n) is 1.16. The fourth-order valence-corrected chi connectivity index (χ4v) is 1.16. The number of nitrogens with two attached hydrogens (primary N) is 1. The van der Waals surface area contributed by atoms with E-state index in [9.17, 15) is 4.39 Å². The summed E-state index contributed by atoms with van der Waals surface area (Å²) in [6.07, 6.45) is 1.50. The van der Waals surface area contributed by atoms with Gasteiger partial charge in [0.1, 0.15) is 11.6 Å². The van der Waals surface area contributed by atoms with Crippen molar-refractivity contribution in [1.29, 1.82) is 0 Å². The zero-order chi connectivity index (χ0) is 9.26. The molecule has 0 bridgehead atoms. The van der Waals surface area contributed by atoms with Crippen molar-refractivity contribution >= 4 is 5.69 Å². The first-order valence-electron chi connectivity index (χ1n) is 3.86. The van der Waals surface area contributed by atoms with Gasteiger partial charge in [-0.2, -0.15) is 0 Å². The van der Waals surface area contributed by atoms with Crippen molar-refractivity contribution in [3.8, 4) is 11.3 Å². The highest BCUT2D eigenvalue weighted by Crippen LogP contribution is 2.24. The molecule has 2 aromatic rings. The van der Waals surface area contributed by atoms with Gasteiger partial charge < -0.3 is 10.2 Å². The van der Waals surface area contributed by atoms with Gasteiger partial charge in [-0.05, 0) is 30.3 Å². The molecule has 1 heterocycles. The molecule has 3 heteroatoms. The molecule has 0 saturated carbocycles. The average molecular weight is 177 g/mol. The number of halogens is 1. The molecule has 1 aromatic heterocycles. The number of rotatable bonds is 1. The number of hydrogen-bond donors (Lipinski definition) is 1. The lowest BCUT2D eigenvalue weighted by molar-refractivity contribution is 0.569. The lowest BCUT2D eigenvalue weighted by Gasteiger charge is -2.00. The summed E-state index contributed by atoms with van der Waals surface area (Å²) in [5, 5.41) is 0. The van der Waals surface area contributed by atoms with Gasteiger partial charge in [0.25, 0.3) is 0 Å². The Kier molecular flexibility index (Phi) is 1.77. The highest BCUT2D eigenvalue weighted by molar-refractivity contribution is 5.63. The quantitative estimate of drug-likeness (QED) is 0.680. The first-order chi connectivity index (χ1) is 6.27. The number of nitrogen functional groups attached to an aromatic ring is 1. The molecular formula is C10H8FNO. The average Bonchev–Trinajstić information content (AvgIpc) is 2.61. The van der Waals surface area contributed by atoms with Crippen molar-refractivity contribution in [3.05, 3.63) is 42.4 Å². The summed E-state index contributed by atoms with van der Waals surface area (Å²) in [6, 6.07) is 7.79. The zero-order valence-corrected chi connectivity index (χ0v) is 6.83. The maximum Gasteiger partial charge on any atom is 0.136 e. The standard InChI is InChI=1S/C10H8FNO/c11-9-4-3-7(12)6-8(9)10-2-1-5-13-10/h1-6H,12H2. The third kappa shape index (κ3) is 1.40. The van der Waals surface area contributed by atoms with Gasteiger partial charge in [0.05, 0.1) is 11.8 Å². The minimum absolute atomic E-state index is 0.329. The van der Waals surface area contributed by atoms with Crippen molar-refractivity contribution < 1.29 is 8.81 Å². The number of anilines is 1. The molecule has 0 unspecified atom stereocenters. The highest BCUT2D eigenvalue weighted by Gasteiger charge is 2.06. The predicted octanol–water partition coefficient (Wildman–Crippen LogP) is 2.67. The van der Waals surface area contributed by atoms with Crippen LogP contribution in [-0.4, -0.2) is 0 Å². The predicted molar refractivity (Wildman–Crippen MR) is 48.5 cm³/mol. The van der Waals surface area contributed by atoms with E-state index in [1.807, 2.05) is 0 Å². The van der Waals surface area contributed by atoms with Crippen molar-refractivity contribution in [2.75, 3.05) is 5.73 Å². The van der Waals surface area contributed by atoms with Crippen LogP contribution in [-0.2, 0) is 0 Å². The topological polar surface area (TPSA) is 39.2 Å². The summed E-state index contributed by atoms with van der Waals surface area (Å²) in [6.45, 7) is 0. The number of hydrogen-bond acceptors (Lipinski definition) is 2. The van der Waals surface area contributed by atoms with E-state index in [1.54, 1.807) is 18.2 Å². The van der Waals surface area contributed by atoms with Gasteiger partial charge in [0, 0.05) is 5.69 Å². The Labute approximate surface area is 74.8 Å². The van der Waals surface area contributed by atoms with Crippen LogP contribution in [0, 0.1) is 5.82 Å². The molecule has 0 radical (unpaired) electrons. The van der Waals surface area contributed by atoms with Crippen molar-refractivity contribution in [2.24, 2.45) is 0 Å². The van der Waals surface area contributed by atoms with Crippen molar-refractivity contribution in [1.82, 2.24) is 0 Å². The molecule has 0 atom stereocenters. The molecule has 2 N–H and O–H groups in total. The van der Waals surface area contributed by atoms with Crippen LogP contribution in [0.5, 0.6) is 0 Å². The van der Waals surface area contributed by atoms with Gasteiger partial charge >= 0.3 is 0 Å². The minimum Gasteiger partial charge on any atom is -0.464 e. The fraction of sp³-hybridized carbons (Fsp3) is 0. The van der Waals surface area contributed by atoms with Crippen LogP contribution in [0.1, 0.15) is 0 Å². The first-order valence-corrected chi connectivity index (χ1v) is 3.86. The molecule has 0 aliphatic rings.